The molecule has 0 unspecified atom stereocenters. The smallest absolute Gasteiger partial charge is 0.288 e. The van der Waals surface area contributed by atoms with Gasteiger partial charge in [0, 0.05) is 35.9 Å². The maximum Gasteiger partial charge on any atom is 0.417 e. The Morgan fingerprint density at radius 1 is 0.871 bits per heavy atom. The van der Waals surface area contributed by atoms with Gasteiger partial charge in [-0.2, -0.15) is 4.57 Å². The molecule has 0 aliphatic heterocycles. The lowest BCUT2D eigenvalue weighted by Gasteiger charge is -2.11. The monoisotopic (exact) mass is 415 g/mol. The van der Waals surface area contributed by atoms with Gasteiger partial charge in [0.05, 0.1) is 17.5 Å². The summed E-state index contributed by atoms with van der Waals surface area (Å²) in [5, 5.41) is 11.3. The minimum absolute atomic E-state index is 0.109. The SMILES string of the molecule is Cn1c(=O)c2c(-c3ccc([N+](=O)[O-])cc3)c3c([nH+]c2n(C)c1=O)-c1ccccc1C3=O. The highest BCUT2D eigenvalue weighted by Gasteiger charge is 2.36. The van der Waals surface area contributed by atoms with Gasteiger partial charge in [-0.3, -0.25) is 19.7 Å². The van der Waals surface area contributed by atoms with Crippen molar-refractivity contribution in [2.45, 2.75) is 0 Å². The third-order valence-corrected chi connectivity index (χ3v) is 5.69. The first-order valence-corrected chi connectivity index (χ1v) is 9.39. The number of fused-ring (bicyclic) bond motifs is 4. The molecule has 9 nitrogen and oxygen atoms in total. The third-order valence-electron chi connectivity index (χ3n) is 5.69. The number of nitro benzene ring substituents is 1. The van der Waals surface area contributed by atoms with E-state index in [9.17, 15) is 24.5 Å². The van der Waals surface area contributed by atoms with Crippen LogP contribution in [-0.2, 0) is 14.1 Å². The van der Waals surface area contributed by atoms with E-state index in [-0.39, 0.29) is 22.5 Å². The summed E-state index contributed by atoms with van der Waals surface area (Å²) in [5.74, 6) is -0.256. The zero-order valence-electron chi connectivity index (χ0n) is 16.5. The van der Waals surface area contributed by atoms with Gasteiger partial charge in [0.1, 0.15) is 11.1 Å². The summed E-state index contributed by atoms with van der Waals surface area (Å²) >= 11 is 0. The fourth-order valence-electron chi connectivity index (χ4n) is 4.15. The Morgan fingerprint density at radius 3 is 2.16 bits per heavy atom. The van der Waals surface area contributed by atoms with Gasteiger partial charge in [0.2, 0.25) is 0 Å². The van der Waals surface area contributed by atoms with Crippen molar-refractivity contribution in [2.75, 3.05) is 0 Å². The molecule has 2 heterocycles. The number of carbonyl (C=O) groups excluding carboxylic acids is 1. The Hall–Kier alpha value is -4.40. The topological polar surface area (TPSA) is 118 Å². The molecule has 4 aromatic rings. The van der Waals surface area contributed by atoms with Gasteiger partial charge in [-0.05, 0) is 23.8 Å². The highest BCUT2D eigenvalue weighted by Crippen LogP contribution is 2.41. The molecule has 0 bridgehead atoms. The molecule has 2 aromatic heterocycles. The van der Waals surface area contributed by atoms with Crippen molar-refractivity contribution in [1.29, 1.82) is 0 Å². The maximum absolute atomic E-state index is 13.3. The van der Waals surface area contributed by atoms with Crippen LogP contribution in [0.2, 0.25) is 0 Å². The number of benzene rings is 2. The molecule has 0 amide bonds. The average molecular weight is 415 g/mol. The van der Waals surface area contributed by atoms with Gasteiger partial charge in [0.15, 0.2) is 5.78 Å². The molecule has 0 saturated heterocycles. The second-order valence-corrected chi connectivity index (χ2v) is 7.36. The van der Waals surface area contributed by atoms with Crippen molar-refractivity contribution in [3.05, 3.63) is 90.6 Å². The van der Waals surface area contributed by atoms with E-state index in [1.165, 1.54) is 42.9 Å². The van der Waals surface area contributed by atoms with Crippen LogP contribution in [0.5, 0.6) is 0 Å². The van der Waals surface area contributed by atoms with E-state index in [1.54, 1.807) is 24.3 Å². The van der Waals surface area contributed by atoms with Gasteiger partial charge >= 0.3 is 5.69 Å². The third kappa shape index (κ3) is 2.43. The van der Waals surface area contributed by atoms with Crippen LogP contribution in [-0.4, -0.2) is 19.8 Å². The van der Waals surface area contributed by atoms with Gasteiger partial charge in [-0.1, -0.05) is 18.2 Å². The van der Waals surface area contributed by atoms with Crippen LogP contribution in [0.15, 0.2) is 58.1 Å². The fourth-order valence-corrected chi connectivity index (χ4v) is 4.15. The fraction of sp³-hybridized carbons (Fsp3) is 0.0909. The number of non-ortho nitro benzene ring substituents is 1. The predicted octanol–water partition coefficient (Wildman–Crippen LogP) is 1.84. The minimum Gasteiger partial charge on any atom is -0.288 e. The van der Waals surface area contributed by atoms with E-state index in [1.807, 2.05) is 0 Å². The predicted molar refractivity (Wildman–Crippen MR) is 112 cm³/mol. The quantitative estimate of drug-likeness (QED) is 0.322. The van der Waals surface area contributed by atoms with Crippen molar-refractivity contribution in [2.24, 2.45) is 14.1 Å². The van der Waals surface area contributed by atoms with Crippen molar-refractivity contribution in [3.8, 4) is 22.4 Å². The molecule has 1 aliphatic carbocycles. The maximum atomic E-state index is 13.3. The zero-order chi connectivity index (χ0) is 22.0. The number of aromatic amines is 1. The van der Waals surface area contributed by atoms with Gasteiger partial charge in [-0.25, -0.2) is 14.3 Å². The van der Waals surface area contributed by atoms with Crippen LogP contribution in [0.1, 0.15) is 15.9 Å². The highest BCUT2D eigenvalue weighted by atomic mass is 16.6. The lowest BCUT2D eigenvalue weighted by molar-refractivity contribution is -0.384. The Kier molecular flexibility index (Phi) is 3.78. The number of rotatable bonds is 2. The molecule has 1 N–H and O–H groups in total. The number of ketones is 1. The number of pyridine rings is 1. The molecule has 1 aliphatic rings. The number of H-pyrrole nitrogens is 1. The zero-order valence-corrected chi connectivity index (χ0v) is 16.5. The number of hydrogen-bond acceptors (Lipinski definition) is 5. The molecule has 0 radical (unpaired) electrons. The number of nitrogens with zero attached hydrogens (tertiary/aromatic N) is 3. The first kappa shape index (κ1) is 18.6. The molecule has 0 fully saturated rings. The number of aromatic nitrogens is 3. The van der Waals surface area contributed by atoms with Crippen LogP contribution in [0.4, 0.5) is 5.69 Å². The minimum atomic E-state index is -0.561. The summed E-state index contributed by atoms with van der Waals surface area (Å²) in [7, 11) is 2.91. The van der Waals surface area contributed by atoms with E-state index in [0.29, 0.717) is 33.5 Å². The van der Waals surface area contributed by atoms with E-state index in [4.69, 9.17) is 0 Å². The number of carbonyl (C=O) groups is 1. The van der Waals surface area contributed by atoms with Crippen LogP contribution in [0, 0.1) is 10.1 Å². The van der Waals surface area contributed by atoms with Gasteiger partial charge in [0.25, 0.3) is 16.9 Å². The second kappa shape index (κ2) is 6.30. The molecule has 31 heavy (non-hydrogen) atoms. The summed E-state index contributed by atoms with van der Waals surface area (Å²) < 4.78 is 2.29. The molecule has 0 spiro atoms. The van der Waals surface area contributed by atoms with Crippen LogP contribution in [0.3, 0.4) is 0 Å². The molecular formula is C22H15N4O5+. The number of nitrogens with one attached hydrogen (secondary N) is 1. The van der Waals surface area contributed by atoms with Crippen molar-refractivity contribution < 1.29 is 14.7 Å². The van der Waals surface area contributed by atoms with Crippen LogP contribution in [0.25, 0.3) is 33.4 Å². The molecule has 5 rings (SSSR count). The Balaban J connectivity index is 2.01. The van der Waals surface area contributed by atoms with E-state index >= 15 is 0 Å². The average Bonchev–Trinajstić information content (AvgIpc) is 3.07. The van der Waals surface area contributed by atoms with E-state index < -0.39 is 16.2 Å². The first-order valence-electron chi connectivity index (χ1n) is 9.39. The number of aryl methyl sites for hydroxylation is 1. The molecule has 9 heteroatoms. The van der Waals surface area contributed by atoms with Crippen LogP contribution >= 0.6 is 0 Å². The molecule has 0 saturated carbocycles. The standard InChI is InChI=1S/C22H14N4O5/c1-24-20-17(21(28)25(2)22(24)29)15(11-7-9-12(10-8-11)26(30)31)16-18(23-20)13-5-3-4-6-14(13)19(16)27/h3-10H,1-2H3/p+1. The first-order chi connectivity index (χ1) is 14.8. The summed E-state index contributed by atoms with van der Waals surface area (Å²) in [4.78, 5) is 52.7. The summed E-state index contributed by atoms with van der Waals surface area (Å²) in [6, 6.07) is 12.7. The van der Waals surface area contributed by atoms with E-state index in [0.717, 1.165) is 4.57 Å². The van der Waals surface area contributed by atoms with Crippen molar-refractivity contribution >= 4 is 22.5 Å². The van der Waals surface area contributed by atoms with Crippen LogP contribution < -0.4 is 16.2 Å². The second-order valence-electron chi connectivity index (χ2n) is 7.36. The van der Waals surface area contributed by atoms with Crippen molar-refractivity contribution in [3.63, 3.8) is 0 Å². The number of nitro groups is 1. The molecule has 0 atom stereocenters. The molecule has 2 aromatic carbocycles. The van der Waals surface area contributed by atoms with Gasteiger partial charge < -0.3 is 0 Å². The molecular weight excluding hydrogens is 400 g/mol. The summed E-state index contributed by atoms with van der Waals surface area (Å²) in [6.07, 6.45) is 0. The largest absolute Gasteiger partial charge is 0.417 e. The van der Waals surface area contributed by atoms with E-state index in [2.05, 4.69) is 4.98 Å². The summed E-state index contributed by atoms with van der Waals surface area (Å²) in [5.41, 5.74) is 1.86. The Morgan fingerprint density at radius 2 is 1.52 bits per heavy atom. The normalized spacial score (nSPS) is 12.1. The Bertz CT molecular complexity index is 1580. The lowest BCUT2D eigenvalue weighted by Crippen LogP contribution is -2.40. The summed E-state index contributed by atoms with van der Waals surface area (Å²) in [6.45, 7) is 0. The highest BCUT2D eigenvalue weighted by molar-refractivity contribution is 6.25. The number of hydrogen-bond donors (Lipinski definition) is 0. The van der Waals surface area contributed by atoms with Crippen molar-refractivity contribution in [1.82, 2.24) is 9.13 Å². The van der Waals surface area contributed by atoms with Gasteiger partial charge in [-0.15, -0.1) is 0 Å². The molecule has 152 valence electrons. The Labute approximate surface area is 174 Å². The lowest BCUT2D eigenvalue weighted by atomic mass is 9.95.